The molecular weight excluding hydrogens is 329 g/mol. The van der Waals surface area contributed by atoms with E-state index in [1.54, 1.807) is 6.07 Å². The summed E-state index contributed by atoms with van der Waals surface area (Å²) in [5.74, 6) is 0.135. The van der Waals surface area contributed by atoms with Crippen molar-refractivity contribution in [3.63, 3.8) is 0 Å². The Morgan fingerprint density at radius 2 is 1.86 bits per heavy atom. The number of halogens is 2. The number of nitrogens with one attached hydrogen (secondary N) is 1. The molecule has 1 N–H and O–H groups in total. The van der Waals surface area contributed by atoms with Crippen LogP contribution in [0.1, 0.15) is 30.4 Å². The van der Waals surface area contributed by atoms with Crippen LogP contribution in [0.3, 0.4) is 0 Å². The van der Waals surface area contributed by atoms with Crippen molar-refractivity contribution in [2.75, 3.05) is 13.1 Å². The Morgan fingerprint density at radius 3 is 2.57 bits per heavy atom. The summed E-state index contributed by atoms with van der Waals surface area (Å²) in [7, 11) is 0. The van der Waals surface area contributed by atoms with Gasteiger partial charge >= 0.3 is 0 Å². The van der Waals surface area contributed by atoms with E-state index < -0.39 is 0 Å². The molecular formula is C18H21BrFN. The molecule has 0 amide bonds. The van der Waals surface area contributed by atoms with Crippen molar-refractivity contribution < 1.29 is 4.39 Å². The second-order valence-electron chi connectivity index (χ2n) is 5.23. The van der Waals surface area contributed by atoms with Gasteiger partial charge in [-0.3, -0.25) is 0 Å². The van der Waals surface area contributed by atoms with Crippen molar-refractivity contribution in [3.05, 3.63) is 69.9 Å². The molecule has 0 aromatic heterocycles. The Hall–Kier alpha value is -1.19. The van der Waals surface area contributed by atoms with Gasteiger partial charge in [-0.1, -0.05) is 49.4 Å². The van der Waals surface area contributed by atoms with Crippen molar-refractivity contribution in [2.45, 2.75) is 25.7 Å². The zero-order valence-corrected chi connectivity index (χ0v) is 13.9. The summed E-state index contributed by atoms with van der Waals surface area (Å²) < 4.78 is 14.7. The van der Waals surface area contributed by atoms with Crippen LogP contribution in [-0.2, 0) is 6.42 Å². The van der Waals surface area contributed by atoms with Gasteiger partial charge in [0.25, 0.3) is 0 Å². The Kier molecular flexibility index (Phi) is 6.40. The van der Waals surface area contributed by atoms with Crippen LogP contribution in [0.15, 0.2) is 53.0 Å². The van der Waals surface area contributed by atoms with Crippen LogP contribution < -0.4 is 5.32 Å². The predicted octanol–water partition coefficient (Wildman–Crippen LogP) is 4.91. The van der Waals surface area contributed by atoms with Gasteiger partial charge in [0.2, 0.25) is 0 Å². The first-order valence-electron chi connectivity index (χ1n) is 7.41. The van der Waals surface area contributed by atoms with Gasteiger partial charge in [0.1, 0.15) is 5.82 Å². The summed E-state index contributed by atoms with van der Waals surface area (Å²) >= 11 is 3.27. The van der Waals surface area contributed by atoms with E-state index in [-0.39, 0.29) is 11.7 Å². The lowest BCUT2D eigenvalue weighted by atomic mass is 9.91. The Bertz CT molecular complexity index is 556. The van der Waals surface area contributed by atoms with E-state index in [1.807, 2.05) is 30.3 Å². The third-order valence-electron chi connectivity index (χ3n) is 3.59. The fourth-order valence-corrected chi connectivity index (χ4v) is 2.86. The van der Waals surface area contributed by atoms with Crippen molar-refractivity contribution >= 4 is 15.9 Å². The lowest BCUT2D eigenvalue weighted by Crippen LogP contribution is -2.24. The highest BCUT2D eigenvalue weighted by Gasteiger charge is 2.15. The smallest absolute Gasteiger partial charge is 0.140 e. The van der Waals surface area contributed by atoms with Crippen molar-refractivity contribution in [2.24, 2.45) is 0 Å². The first kappa shape index (κ1) is 16.2. The molecule has 1 atom stereocenters. The van der Waals surface area contributed by atoms with Gasteiger partial charge in [0.15, 0.2) is 0 Å². The summed E-state index contributed by atoms with van der Waals surface area (Å²) in [6.07, 6.45) is 1.80. The summed E-state index contributed by atoms with van der Waals surface area (Å²) in [4.78, 5) is 0. The Morgan fingerprint density at radius 1 is 1.10 bits per heavy atom. The molecule has 0 aliphatic heterocycles. The Balaban J connectivity index is 2.17. The maximum Gasteiger partial charge on any atom is 0.140 e. The fourth-order valence-electron chi connectivity index (χ4n) is 2.46. The molecule has 0 aliphatic carbocycles. The molecule has 112 valence electrons. The first-order valence-corrected chi connectivity index (χ1v) is 8.20. The van der Waals surface area contributed by atoms with Crippen LogP contribution in [-0.4, -0.2) is 13.1 Å². The quantitative estimate of drug-likeness (QED) is 0.700. The highest BCUT2D eigenvalue weighted by atomic mass is 79.9. The summed E-state index contributed by atoms with van der Waals surface area (Å²) in [5.41, 5.74) is 2.01. The zero-order valence-electron chi connectivity index (χ0n) is 12.3. The second-order valence-corrected chi connectivity index (χ2v) is 6.08. The number of hydrogen-bond acceptors (Lipinski definition) is 1. The van der Waals surface area contributed by atoms with Crippen molar-refractivity contribution in [3.8, 4) is 0 Å². The molecule has 0 aliphatic rings. The van der Waals surface area contributed by atoms with Crippen molar-refractivity contribution in [1.82, 2.24) is 5.32 Å². The average Bonchev–Trinajstić information content (AvgIpc) is 2.51. The normalized spacial score (nSPS) is 12.3. The molecule has 0 fully saturated rings. The highest BCUT2D eigenvalue weighted by molar-refractivity contribution is 9.10. The van der Waals surface area contributed by atoms with Crippen LogP contribution in [0.2, 0.25) is 0 Å². The summed E-state index contributed by atoms with van der Waals surface area (Å²) in [6, 6.07) is 15.8. The minimum Gasteiger partial charge on any atom is -0.316 e. The second kappa shape index (κ2) is 8.30. The molecule has 1 nitrogen and oxygen atoms in total. The van der Waals surface area contributed by atoms with Crippen LogP contribution in [0.4, 0.5) is 4.39 Å². The minimum atomic E-state index is -0.145. The molecule has 3 heteroatoms. The Labute approximate surface area is 134 Å². The predicted molar refractivity (Wildman–Crippen MR) is 90.1 cm³/mol. The molecule has 0 bridgehead atoms. The monoisotopic (exact) mass is 349 g/mol. The number of rotatable bonds is 7. The van der Waals surface area contributed by atoms with Gasteiger partial charge in [-0.25, -0.2) is 4.39 Å². The summed E-state index contributed by atoms with van der Waals surface area (Å²) in [6.45, 7) is 4.01. The lowest BCUT2D eigenvalue weighted by Gasteiger charge is -2.19. The third-order valence-corrected chi connectivity index (χ3v) is 4.20. The van der Waals surface area contributed by atoms with E-state index in [0.717, 1.165) is 25.1 Å². The lowest BCUT2D eigenvalue weighted by molar-refractivity contribution is 0.550. The molecule has 1 unspecified atom stereocenters. The van der Waals surface area contributed by atoms with E-state index in [2.05, 4.69) is 40.3 Å². The van der Waals surface area contributed by atoms with Crippen LogP contribution in [0.25, 0.3) is 0 Å². The molecule has 2 aromatic carbocycles. The van der Waals surface area contributed by atoms with E-state index in [4.69, 9.17) is 0 Å². The van der Waals surface area contributed by atoms with E-state index in [1.165, 1.54) is 5.56 Å². The zero-order chi connectivity index (χ0) is 15.1. The maximum absolute atomic E-state index is 14.2. The third kappa shape index (κ3) is 4.65. The average molecular weight is 350 g/mol. The van der Waals surface area contributed by atoms with Gasteiger partial charge in [0.05, 0.1) is 4.47 Å². The van der Waals surface area contributed by atoms with E-state index >= 15 is 0 Å². The molecule has 21 heavy (non-hydrogen) atoms. The first-order chi connectivity index (χ1) is 10.2. The van der Waals surface area contributed by atoms with Gasteiger partial charge in [-0.05, 0) is 52.5 Å². The van der Waals surface area contributed by atoms with Crippen LogP contribution in [0, 0.1) is 5.82 Å². The van der Waals surface area contributed by atoms with Gasteiger partial charge in [-0.2, -0.15) is 0 Å². The molecule has 0 heterocycles. The number of benzene rings is 2. The molecule has 0 saturated carbocycles. The van der Waals surface area contributed by atoms with Gasteiger partial charge < -0.3 is 5.32 Å². The SMILES string of the molecule is CCCNCC(Cc1cccc(Br)c1F)c1ccccc1. The molecule has 0 saturated heterocycles. The van der Waals surface area contributed by atoms with Crippen LogP contribution in [0.5, 0.6) is 0 Å². The minimum absolute atomic E-state index is 0.145. The largest absolute Gasteiger partial charge is 0.316 e. The number of hydrogen-bond donors (Lipinski definition) is 1. The van der Waals surface area contributed by atoms with Crippen LogP contribution >= 0.6 is 15.9 Å². The maximum atomic E-state index is 14.2. The van der Waals surface area contributed by atoms with Gasteiger partial charge in [0, 0.05) is 12.5 Å². The molecule has 2 aromatic rings. The van der Waals surface area contributed by atoms with E-state index in [0.29, 0.717) is 10.9 Å². The van der Waals surface area contributed by atoms with E-state index in [9.17, 15) is 4.39 Å². The van der Waals surface area contributed by atoms with Gasteiger partial charge in [-0.15, -0.1) is 0 Å². The molecule has 2 rings (SSSR count). The van der Waals surface area contributed by atoms with Crippen molar-refractivity contribution in [1.29, 1.82) is 0 Å². The fraction of sp³-hybridized carbons (Fsp3) is 0.333. The molecule has 0 spiro atoms. The highest BCUT2D eigenvalue weighted by Crippen LogP contribution is 2.25. The molecule has 0 radical (unpaired) electrons. The standard InChI is InChI=1S/C18H21BrFN/c1-2-11-21-13-16(14-7-4-3-5-8-14)12-15-9-6-10-17(19)18(15)20/h3-10,16,21H,2,11-13H2,1H3. The summed E-state index contributed by atoms with van der Waals surface area (Å²) in [5, 5.41) is 3.45. The topological polar surface area (TPSA) is 12.0 Å².